The standard InChI is InChI=1S/C16H25N3O/c1-4-10(2)7-11(3)18-15-9-14-12(8-13(15)17)5-6-16(20)19-14/h8-11,18H,4-7,17H2,1-3H3,(H,19,20). The lowest BCUT2D eigenvalue weighted by Crippen LogP contribution is -2.22. The summed E-state index contributed by atoms with van der Waals surface area (Å²) >= 11 is 0. The monoisotopic (exact) mass is 275 g/mol. The van der Waals surface area contributed by atoms with Crippen LogP contribution in [0.1, 0.15) is 45.6 Å². The lowest BCUT2D eigenvalue weighted by molar-refractivity contribution is -0.116. The first-order valence-electron chi connectivity index (χ1n) is 7.48. The van der Waals surface area contributed by atoms with Crippen molar-refractivity contribution in [2.75, 3.05) is 16.4 Å². The van der Waals surface area contributed by atoms with Gasteiger partial charge in [-0.1, -0.05) is 20.3 Å². The van der Waals surface area contributed by atoms with Crippen molar-refractivity contribution in [3.8, 4) is 0 Å². The lowest BCUT2D eigenvalue weighted by atomic mass is 9.99. The molecule has 2 rings (SSSR count). The van der Waals surface area contributed by atoms with Gasteiger partial charge in [0.15, 0.2) is 0 Å². The van der Waals surface area contributed by atoms with E-state index in [0.29, 0.717) is 18.4 Å². The molecule has 0 bridgehead atoms. The van der Waals surface area contributed by atoms with Gasteiger partial charge in [-0.2, -0.15) is 0 Å². The second-order valence-corrected chi connectivity index (χ2v) is 5.94. The SMILES string of the molecule is CCC(C)CC(C)Nc1cc2c(cc1N)CCC(=O)N2. The molecule has 1 aromatic carbocycles. The fourth-order valence-electron chi connectivity index (χ4n) is 2.67. The molecule has 2 atom stereocenters. The van der Waals surface area contributed by atoms with Crippen molar-refractivity contribution >= 4 is 23.0 Å². The van der Waals surface area contributed by atoms with Crippen LogP contribution >= 0.6 is 0 Å². The van der Waals surface area contributed by atoms with Gasteiger partial charge in [0.25, 0.3) is 0 Å². The first-order valence-corrected chi connectivity index (χ1v) is 7.48. The number of fused-ring (bicyclic) bond motifs is 1. The van der Waals surface area contributed by atoms with Gasteiger partial charge in [0.2, 0.25) is 5.91 Å². The molecule has 4 nitrogen and oxygen atoms in total. The third-order valence-corrected chi connectivity index (χ3v) is 4.03. The number of anilines is 3. The highest BCUT2D eigenvalue weighted by Gasteiger charge is 2.17. The highest BCUT2D eigenvalue weighted by Crippen LogP contribution is 2.31. The number of aryl methyl sites for hydroxylation is 1. The summed E-state index contributed by atoms with van der Waals surface area (Å²) in [5.41, 5.74) is 9.82. The Morgan fingerprint density at radius 3 is 2.80 bits per heavy atom. The molecular formula is C16H25N3O. The van der Waals surface area contributed by atoms with E-state index in [1.807, 2.05) is 12.1 Å². The van der Waals surface area contributed by atoms with E-state index in [-0.39, 0.29) is 5.91 Å². The number of carbonyl (C=O) groups excluding carboxylic acids is 1. The van der Waals surface area contributed by atoms with Crippen LogP contribution in [0.2, 0.25) is 0 Å². The molecule has 1 aromatic rings. The van der Waals surface area contributed by atoms with Gasteiger partial charge >= 0.3 is 0 Å². The molecule has 0 spiro atoms. The van der Waals surface area contributed by atoms with Gasteiger partial charge in [-0.25, -0.2) is 0 Å². The first kappa shape index (κ1) is 14.7. The zero-order chi connectivity index (χ0) is 14.7. The van der Waals surface area contributed by atoms with Crippen LogP contribution in [-0.2, 0) is 11.2 Å². The summed E-state index contributed by atoms with van der Waals surface area (Å²) in [5, 5.41) is 6.38. The van der Waals surface area contributed by atoms with Gasteiger partial charge in [0.05, 0.1) is 11.4 Å². The van der Waals surface area contributed by atoms with Crippen molar-refractivity contribution in [2.24, 2.45) is 5.92 Å². The van der Waals surface area contributed by atoms with Gasteiger partial charge in [-0.15, -0.1) is 0 Å². The van der Waals surface area contributed by atoms with Crippen molar-refractivity contribution in [2.45, 2.75) is 52.5 Å². The predicted molar refractivity (Wildman–Crippen MR) is 85.0 cm³/mol. The van der Waals surface area contributed by atoms with E-state index in [9.17, 15) is 4.79 Å². The summed E-state index contributed by atoms with van der Waals surface area (Å²) in [6.45, 7) is 6.64. The molecule has 0 saturated heterocycles. The molecule has 20 heavy (non-hydrogen) atoms. The summed E-state index contributed by atoms with van der Waals surface area (Å²) in [6, 6.07) is 4.31. The van der Waals surface area contributed by atoms with Crippen LogP contribution in [0.25, 0.3) is 0 Å². The molecule has 1 aliphatic rings. The molecule has 0 aromatic heterocycles. The third-order valence-electron chi connectivity index (χ3n) is 4.03. The van der Waals surface area contributed by atoms with Crippen molar-refractivity contribution in [1.82, 2.24) is 0 Å². The summed E-state index contributed by atoms with van der Waals surface area (Å²) in [4.78, 5) is 11.5. The topological polar surface area (TPSA) is 67.1 Å². The molecule has 1 amide bonds. The van der Waals surface area contributed by atoms with Gasteiger partial charge in [0.1, 0.15) is 0 Å². The Bertz CT molecular complexity index is 499. The van der Waals surface area contributed by atoms with Crippen molar-refractivity contribution < 1.29 is 4.79 Å². The Labute approximate surface area is 121 Å². The molecule has 0 radical (unpaired) electrons. The van der Waals surface area contributed by atoms with E-state index < -0.39 is 0 Å². The molecule has 2 unspecified atom stereocenters. The molecule has 0 saturated carbocycles. The molecule has 4 N–H and O–H groups in total. The Balaban J connectivity index is 2.12. The lowest BCUT2D eigenvalue weighted by Gasteiger charge is -2.23. The second kappa shape index (κ2) is 6.16. The van der Waals surface area contributed by atoms with Crippen LogP contribution in [0.3, 0.4) is 0 Å². The van der Waals surface area contributed by atoms with Crippen LogP contribution < -0.4 is 16.4 Å². The quantitative estimate of drug-likeness (QED) is 0.722. The number of nitrogens with two attached hydrogens (primary N) is 1. The average molecular weight is 275 g/mol. The molecular weight excluding hydrogens is 250 g/mol. The fraction of sp³-hybridized carbons (Fsp3) is 0.562. The van der Waals surface area contributed by atoms with Crippen LogP contribution in [0.4, 0.5) is 17.1 Å². The highest BCUT2D eigenvalue weighted by molar-refractivity contribution is 5.95. The minimum absolute atomic E-state index is 0.0841. The van der Waals surface area contributed by atoms with Crippen molar-refractivity contribution in [3.05, 3.63) is 17.7 Å². The van der Waals surface area contributed by atoms with E-state index in [0.717, 1.165) is 35.5 Å². The van der Waals surface area contributed by atoms with Crippen LogP contribution in [0.5, 0.6) is 0 Å². The Morgan fingerprint density at radius 1 is 1.35 bits per heavy atom. The Kier molecular flexibility index (Phi) is 4.53. The molecule has 110 valence electrons. The Hall–Kier alpha value is -1.71. The largest absolute Gasteiger partial charge is 0.397 e. The molecule has 1 heterocycles. The summed E-state index contributed by atoms with van der Waals surface area (Å²) in [7, 11) is 0. The van der Waals surface area contributed by atoms with E-state index in [1.54, 1.807) is 0 Å². The average Bonchev–Trinajstić information content (AvgIpc) is 2.40. The minimum Gasteiger partial charge on any atom is -0.397 e. The second-order valence-electron chi connectivity index (χ2n) is 5.94. The number of hydrogen-bond acceptors (Lipinski definition) is 3. The predicted octanol–water partition coefficient (Wildman–Crippen LogP) is 3.39. The number of amides is 1. The molecule has 4 heteroatoms. The highest BCUT2D eigenvalue weighted by atomic mass is 16.1. The maximum absolute atomic E-state index is 11.5. The molecule has 0 fully saturated rings. The van der Waals surface area contributed by atoms with Crippen molar-refractivity contribution in [1.29, 1.82) is 0 Å². The summed E-state index contributed by atoms with van der Waals surface area (Å²) in [5.74, 6) is 0.775. The van der Waals surface area contributed by atoms with Crippen molar-refractivity contribution in [3.63, 3.8) is 0 Å². The van der Waals surface area contributed by atoms with Crippen LogP contribution in [0.15, 0.2) is 12.1 Å². The van der Waals surface area contributed by atoms with E-state index >= 15 is 0 Å². The van der Waals surface area contributed by atoms with Gasteiger partial charge in [-0.3, -0.25) is 4.79 Å². The smallest absolute Gasteiger partial charge is 0.224 e. The number of carbonyl (C=O) groups is 1. The number of hydrogen-bond donors (Lipinski definition) is 3. The minimum atomic E-state index is 0.0841. The summed E-state index contributed by atoms with van der Waals surface area (Å²) in [6.07, 6.45) is 3.61. The number of nitrogens with one attached hydrogen (secondary N) is 2. The maximum atomic E-state index is 11.5. The normalized spacial score (nSPS) is 17.1. The number of nitrogen functional groups attached to an aromatic ring is 1. The third kappa shape index (κ3) is 3.44. The number of rotatable bonds is 5. The molecule has 1 aliphatic heterocycles. The maximum Gasteiger partial charge on any atom is 0.224 e. The summed E-state index contributed by atoms with van der Waals surface area (Å²) < 4.78 is 0. The van der Waals surface area contributed by atoms with Crippen LogP contribution in [0, 0.1) is 5.92 Å². The van der Waals surface area contributed by atoms with E-state index in [4.69, 9.17) is 5.73 Å². The van der Waals surface area contributed by atoms with E-state index in [1.165, 1.54) is 6.42 Å². The van der Waals surface area contributed by atoms with Gasteiger partial charge in [0, 0.05) is 18.2 Å². The molecule has 0 aliphatic carbocycles. The van der Waals surface area contributed by atoms with Gasteiger partial charge < -0.3 is 16.4 Å². The first-order chi connectivity index (χ1) is 9.49. The van der Waals surface area contributed by atoms with Crippen LogP contribution in [-0.4, -0.2) is 11.9 Å². The number of benzene rings is 1. The zero-order valence-corrected chi connectivity index (χ0v) is 12.6. The van der Waals surface area contributed by atoms with E-state index in [2.05, 4.69) is 31.4 Å². The zero-order valence-electron chi connectivity index (χ0n) is 12.6. The fourth-order valence-corrected chi connectivity index (χ4v) is 2.67. The van der Waals surface area contributed by atoms with Gasteiger partial charge in [-0.05, 0) is 43.4 Å². The Morgan fingerprint density at radius 2 is 2.10 bits per heavy atom.